The molecule has 2 aromatic carbocycles. The monoisotopic (exact) mass is 486 g/mol. The van der Waals surface area contributed by atoms with Crippen LogP contribution in [0.1, 0.15) is 28.5 Å². The number of carbonyl (C=O) groups is 2. The summed E-state index contributed by atoms with van der Waals surface area (Å²) < 4.78 is 7.23. The van der Waals surface area contributed by atoms with Crippen LogP contribution in [0.4, 0.5) is 0 Å². The Labute approximate surface area is 204 Å². The Hall–Kier alpha value is -4.31. The van der Waals surface area contributed by atoms with Crippen LogP contribution in [0, 0.1) is 6.92 Å². The van der Waals surface area contributed by atoms with Crippen molar-refractivity contribution < 1.29 is 14.1 Å². The lowest BCUT2D eigenvalue weighted by Gasteiger charge is -2.07. The lowest BCUT2D eigenvalue weighted by molar-refractivity contribution is -0.121. The number of fused-ring (bicyclic) bond motifs is 1. The van der Waals surface area contributed by atoms with Crippen LogP contribution in [0.15, 0.2) is 64.5 Å². The van der Waals surface area contributed by atoms with Gasteiger partial charge in [-0.2, -0.15) is 0 Å². The summed E-state index contributed by atoms with van der Waals surface area (Å²) in [7, 11) is 1.92. The van der Waals surface area contributed by atoms with E-state index in [-0.39, 0.29) is 18.0 Å². The second-order valence-corrected chi connectivity index (χ2v) is 8.80. The fourth-order valence-electron chi connectivity index (χ4n) is 3.82. The van der Waals surface area contributed by atoms with E-state index < -0.39 is 5.91 Å². The lowest BCUT2D eigenvalue weighted by atomic mass is 10.1. The largest absolute Gasteiger partial charge is 0.360 e. The Bertz CT molecular complexity index is 1520. The van der Waals surface area contributed by atoms with E-state index in [4.69, 9.17) is 4.52 Å². The first kappa shape index (κ1) is 22.5. The van der Waals surface area contributed by atoms with Crippen molar-refractivity contribution in [3.05, 3.63) is 77.3 Å². The highest BCUT2D eigenvalue weighted by molar-refractivity contribution is 7.13. The number of hydrogen-bond donors (Lipinski definition) is 2. The molecule has 0 aliphatic carbocycles. The van der Waals surface area contributed by atoms with Crippen LogP contribution in [0.5, 0.6) is 0 Å². The van der Waals surface area contributed by atoms with Crippen molar-refractivity contribution in [2.24, 2.45) is 7.05 Å². The van der Waals surface area contributed by atoms with Crippen LogP contribution in [0.25, 0.3) is 32.9 Å². The molecule has 5 aromatic rings. The lowest BCUT2D eigenvalue weighted by Crippen LogP contribution is -2.42. The van der Waals surface area contributed by atoms with Gasteiger partial charge in [0, 0.05) is 30.8 Å². The first-order valence-corrected chi connectivity index (χ1v) is 11.9. The molecule has 176 valence electrons. The summed E-state index contributed by atoms with van der Waals surface area (Å²) in [5, 5.41) is 6.57. The molecule has 0 atom stereocenters. The maximum atomic E-state index is 12.8. The zero-order chi connectivity index (χ0) is 24.4. The molecule has 0 aliphatic heterocycles. The fraction of sp³-hybridized carbons (Fsp3) is 0.160. The summed E-state index contributed by atoms with van der Waals surface area (Å²) in [6.07, 6.45) is 0.594. The number of rotatable bonds is 6. The topological polar surface area (TPSA) is 115 Å². The number of benzene rings is 2. The minimum Gasteiger partial charge on any atom is -0.360 e. The van der Waals surface area contributed by atoms with E-state index in [1.807, 2.05) is 71.6 Å². The number of nitrogens with zero attached hydrogens (tertiary/aromatic N) is 4. The van der Waals surface area contributed by atoms with Gasteiger partial charge in [0.2, 0.25) is 5.91 Å². The first-order valence-electron chi connectivity index (χ1n) is 11.0. The Balaban J connectivity index is 1.23. The Morgan fingerprint density at radius 3 is 2.60 bits per heavy atom. The number of imidazole rings is 1. The molecule has 2 N–H and O–H groups in total. The minimum atomic E-state index is -0.581. The summed E-state index contributed by atoms with van der Waals surface area (Å²) in [4.78, 5) is 34.4. The smallest absolute Gasteiger partial charge is 0.292 e. The third-order valence-electron chi connectivity index (χ3n) is 5.63. The summed E-state index contributed by atoms with van der Waals surface area (Å²) in [5.74, 6) is 0.336. The van der Waals surface area contributed by atoms with Crippen LogP contribution >= 0.6 is 11.3 Å². The van der Waals surface area contributed by atoms with Crippen LogP contribution < -0.4 is 10.9 Å². The average molecular weight is 487 g/mol. The second-order valence-electron chi connectivity index (χ2n) is 7.94. The Morgan fingerprint density at radius 1 is 1.03 bits per heavy atom. The van der Waals surface area contributed by atoms with E-state index in [1.165, 1.54) is 11.3 Å². The van der Waals surface area contributed by atoms with Crippen molar-refractivity contribution in [1.82, 2.24) is 30.5 Å². The second kappa shape index (κ2) is 9.51. The van der Waals surface area contributed by atoms with Gasteiger partial charge in [-0.3, -0.25) is 20.4 Å². The molecule has 5 rings (SSSR count). The van der Waals surface area contributed by atoms with Gasteiger partial charge in [-0.1, -0.05) is 47.6 Å². The summed E-state index contributed by atoms with van der Waals surface area (Å²) in [6.45, 7) is 1.72. The summed E-state index contributed by atoms with van der Waals surface area (Å²) in [5.41, 5.74) is 8.88. The van der Waals surface area contributed by atoms with Gasteiger partial charge in [0.15, 0.2) is 5.69 Å². The standard InChI is InChI=1S/C25H22N6O3S/c1-15-22(18-14-35-25(27-18)16-8-4-3-5-9-16)23(30-34-15)24(33)29-28-21(32)13-12-20-26-17-10-6-7-11-19(17)31(20)2/h3-11,14H,12-13H2,1-2H3,(H,28,32)(H,29,33). The number of aryl methyl sites for hydroxylation is 3. The van der Waals surface area contributed by atoms with Crippen molar-refractivity contribution in [2.75, 3.05) is 0 Å². The molecule has 3 heterocycles. The number of thiazole rings is 1. The molecular weight excluding hydrogens is 464 g/mol. The van der Waals surface area contributed by atoms with Gasteiger partial charge in [0.25, 0.3) is 5.91 Å². The SMILES string of the molecule is Cc1onc(C(=O)NNC(=O)CCc2nc3ccccc3n2C)c1-c1csc(-c2ccccc2)n1. The van der Waals surface area contributed by atoms with E-state index >= 15 is 0 Å². The number of aromatic nitrogens is 4. The molecule has 0 saturated carbocycles. The highest BCUT2D eigenvalue weighted by Gasteiger charge is 2.24. The van der Waals surface area contributed by atoms with Gasteiger partial charge in [-0.05, 0) is 19.1 Å². The van der Waals surface area contributed by atoms with Crippen molar-refractivity contribution in [3.8, 4) is 21.8 Å². The normalized spacial score (nSPS) is 11.0. The molecule has 0 aliphatic rings. The van der Waals surface area contributed by atoms with E-state index in [2.05, 4.69) is 26.0 Å². The number of hydrogen-bond acceptors (Lipinski definition) is 7. The number of para-hydroxylation sites is 2. The molecule has 0 spiro atoms. The van der Waals surface area contributed by atoms with Crippen LogP contribution in [-0.2, 0) is 18.3 Å². The molecule has 3 aromatic heterocycles. The number of nitrogens with one attached hydrogen (secondary N) is 2. The maximum Gasteiger partial charge on any atom is 0.292 e. The third kappa shape index (κ3) is 4.56. The van der Waals surface area contributed by atoms with E-state index in [0.29, 0.717) is 23.4 Å². The third-order valence-corrected chi connectivity index (χ3v) is 6.52. The van der Waals surface area contributed by atoms with Gasteiger partial charge >= 0.3 is 0 Å². The van der Waals surface area contributed by atoms with E-state index in [9.17, 15) is 9.59 Å². The van der Waals surface area contributed by atoms with Crippen LogP contribution in [0.3, 0.4) is 0 Å². The van der Waals surface area contributed by atoms with Crippen LogP contribution in [-0.4, -0.2) is 31.5 Å². The molecule has 0 bridgehead atoms. The fourth-order valence-corrected chi connectivity index (χ4v) is 4.64. The first-order chi connectivity index (χ1) is 17.0. The average Bonchev–Trinajstić information content (AvgIpc) is 3.59. The van der Waals surface area contributed by atoms with Crippen LogP contribution in [0.2, 0.25) is 0 Å². The molecular formula is C25H22N6O3S. The van der Waals surface area contributed by atoms with Gasteiger partial charge in [-0.15, -0.1) is 11.3 Å². The highest BCUT2D eigenvalue weighted by atomic mass is 32.1. The van der Waals surface area contributed by atoms with Crippen molar-refractivity contribution in [2.45, 2.75) is 19.8 Å². The molecule has 0 radical (unpaired) electrons. The number of hydrazine groups is 1. The summed E-state index contributed by atoms with van der Waals surface area (Å²) >= 11 is 1.47. The predicted molar refractivity (Wildman–Crippen MR) is 132 cm³/mol. The van der Waals surface area contributed by atoms with Crippen molar-refractivity contribution >= 4 is 34.2 Å². The number of carbonyl (C=O) groups excluding carboxylic acids is 2. The Kier molecular flexibility index (Phi) is 6.11. The zero-order valence-electron chi connectivity index (χ0n) is 19.1. The molecule has 0 unspecified atom stereocenters. The van der Waals surface area contributed by atoms with Gasteiger partial charge in [0.1, 0.15) is 16.6 Å². The van der Waals surface area contributed by atoms with Gasteiger partial charge in [-0.25, -0.2) is 9.97 Å². The predicted octanol–water partition coefficient (Wildman–Crippen LogP) is 4.05. The quantitative estimate of drug-likeness (QED) is 0.350. The molecule has 10 heteroatoms. The maximum absolute atomic E-state index is 12.8. The molecule has 35 heavy (non-hydrogen) atoms. The minimum absolute atomic E-state index is 0.0584. The zero-order valence-corrected chi connectivity index (χ0v) is 19.9. The van der Waals surface area contributed by atoms with Gasteiger partial charge in [0.05, 0.1) is 22.3 Å². The molecule has 2 amide bonds. The van der Waals surface area contributed by atoms with E-state index in [1.54, 1.807) is 6.92 Å². The number of amides is 2. The van der Waals surface area contributed by atoms with Gasteiger partial charge < -0.3 is 9.09 Å². The molecule has 0 fully saturated rings. The van der Waals surface area contributed by atoms with Crippen molar-refractivity contribution in [1.29, 1.82) is 0 Å². The summed E-state index contributed by atoms with van der Waals surface area (Å²) in [6, 6.07) is 17.6. The molecule has 9 nitrogen and oxygen atoms in total. The Morgan fingerprint density at radius 2 is 1.80 bits per heavy atom. The highest BCUT2D eigenvalue weighted by Crippen LogP contribution is 2.32. The van der Waals surface area contributed by atoms with E-state index in [0.717, 1.165) is 27.4 Å². The molecule has 0 saturated heterocycles. The van der Waals surface area contributed by atoms with Crippen molar-refractivity contribution in [3.63, 3.8) is 0 Å².